The lowest BCUT2D eigenvalue weighted by molar-refractivity contribution is 0.0524. The van der Waals surface area contributed by atoms with E-state index in [1.165, 1.54) is 12.3 Å². The van der Waals surface area contributed by atoms with Crippen LogP contribution in [0.25, 0.3) is 22.0 Å². The molecule has 6 heteroatoms. The summed E-state index contributed by atoms with van der Waals surface area (Å²) in [4.78, 5) is 24.8. The van der Waals surface area contributed by atoms with Gasteiger partial charge in [0.25, 0.3) is 0 Å². The Morgan fingerprint density at radius 3 is 2.44 bits per heavy atom. The number of carbonyl (C=O) groups excluding carboxylic acids is 1. The Balaban J connectivity index is 2.23. The monoisotopic (exact) mass is 369 g/mol. The van der Waals surface area contributed by atoms with Crippen molar-refractivity contribution in [2.75, 3.05) is 13.7 Å². The normalized spacial score (nSPS) is 10.8. The third-order valence-corrected chi connectivity index (χ3v) is 4.41. The van der Waals surface area contributed by atoms with Gasteiger partial charge in [-0.15, -0.1) is 0 Å². The minimum Gasteiger partial charge on any atom is -0.497 e. The van der Waals surface area contributed by atoms with E-state index in [4.69, 9.17) is 9.47 Å². The van der Waals surface area contributed by atoms with Crippen molar-refractivity contribution in [3.8, 4) is 16.9 Å². The Morgan fingerprint density at radius 2 is 1.85 bits per heavy atom. The molecule has 0 saturated carbocycles. The van der Waals surface area contributed by atoms with Crippen molar-refractivity contribution < 1.29 is 18.7 Å². The van der Waals surface area contributed by atoms with Crippen LogP contribution in [0.1, 0.15) is 24.2 Å². The van der Waals surface area contributed by atoms with Crippen molar-refractivity contribution in [1.82, 2.24) is 4.57 Å². The number of ether oxygens (including phenoxy) is 2. The van der Waals surface area contributed by atoms with Gasteiger partial charge in [0.05, 0.1) is 19.2 Å². The lowest BCUT2D eigenvalue weighted by Gasteiger charge is -2.13. The van der Waals surface area contributed by atoms with Gasteiger partial charge in [0.15, 0.2) is 0 Å². The third-order valence-electron chi connectivity index (χ3n) is 4.41. The predicted octanol–water partition coefficient (Wildman–Crippen LogP) is 4.01. The SMILES string of the molecule is CCOC(=O)c1cn(CC)c2cc(-c3ccc(OC)cc3)c(F)cc2c1=O. The number of nitrogens with zero attached hydrogens (tertiary/aromatic N) is 1. The number of hydrogen-bond acceptors (Lipinski definition) is 4. The topological polar surface area (TPSA) is 57.5 Å². The number of methoxy groups -OCH3 is 1. The number of pyridine rings is 1. The summed E-state index contributed by atoms with van der Waals surface area (Å²) in [6, 6.07) is 9.82. The second kappa shape index (κ2) is 7.61. The second-order valence-electron chi connectivity index (χ2n) is 5.96. The molecule has 0 N–H and O–H groups in total. The third kappa shape index (κ3) is 3.43. The van der Waals surface area contributed by atoms with Crippen molar-refractivity contribution in [3.63, 3.8) is 0 Å². The average Bonchev–Trinajstić information content (AvgIpc) is 2.68. The van der Waals surface area contributed by atoms with Gasteiger partial charge in [-0.25, -0.2) is 9.18 Å². The number of carbonyl (C=O) groups is 1. The molecule has 0 aliphatic heterocycles. The van der Waals surface area contributed by atoms with Crippen molar-refractivity contribution >= 4 is 16.9 Å². The van der Waals surface area contributed by atoms with E-state index in [9.17, 15) is 14.0 Å². The summed E-state index contributed by atoms with van der Waals surface area (Å²) in [6.45, 7) is 4.22. The second-order valence-corrected chi connectivity index (χ2v) is 5.96. The van der Waals surface area contributed by atoms with Crippen LogP contribution in [0.5, 0.6) is 5.75 Å². The molecule has 0 aliphatic carbocycles. The van der Waals surface area contributed by atoms with Crippen LogP contribution in [-0.2, 0) is 11.3 Å². The van der Waals surface area contributed by atoms with Crippen LogP contribution in [-0.4, -0.2) is 24.3 Å². The fraction of sp³-hybridized carbons (Fsp3) is 0.238. The van der Waals surface area contributed by atoms with Gasteiger partial charge in [0.1, 0.15) is 17.1 Å². The van der Waals surface area contributed by atoms with Gasteiger partial charge in [0, 0.05) is 23.7 Å². The number of halogens is 1. The number of aromatic nitrogens is 1. The van der Waals surface area contributed by atoms with Crippen LogP contribution in [0, 0.1) is 5.82 Å². The highest BCUT2D eigenvalue weighted by molar-refractivity contribution is 5.95. The van der Waals surface area contributed by atoms with Gasteiger partial charge in [-0.3, -0.25) is 4.79 Å². The van der Waals surface area contributed by atoms with Crippen LogP contribution >= 0.6 is 0 Å². The Bertz CT molecular complexity index is 1050. The fourth-order valence-electron chi connectivity index (χ4n) is 3.02. The molecule has 0 amide bonds. The Hall–Kier alpha value is -3.15. The zero-order valence-electron chi connectivity index (χ0n) is 15.4. The number of benzene rings is 2. The van der Waals surface area contributed by atoms with Crippen LogP contribution < -0.4 is 10.2 Å². The summed E-state index contributed by atoms with van der Waals surface area (Å²) >= 11 is 0. The summed E-state index contributed by atoms with van der Waals surface area (Å²) < 4.78 is 26.6. The molecule has 0 aliphatic rings. The van der Waals surface area contributed by atoms with Gasteiger partial charge >= 0.3 is 5.97 Å². The van der Waals surface area contributed by atoms with Gasteiger partial charge in [-0.1, -0.05) is 12.1 Å². The van der Waals surface area contributed by atoms with Crippen molar-refractivity contribution in [2.24, 2.45) is 0 Å². The molecule has 27 heavy (non-hydrogen) atoms. The van der Waals surface area contributed by atoms with E-state index in [2.05, 4.69) is 0 Å². The molecule has 0 bridgehead atoms. The maximum absolute atomic E-state index is 14.8. The van der Waals surface area contributed by atoms with Gasteiger partial charge in [-0.2, -0.15) is 0 Å². The smallest absolute Gasteiger partial charge is 0.343 e. The maximum atomic E-state index is 14.8. The molecule has 1 aromatic heterocycles. The van der Waals surface area contributed by atoms with Gasteiger partial charge < -0.3 is 14.0 Å². The molecule has 3 aromatic rings. The average molecular weight is 369 g/mol. The molecule has 140 valence electrons. The standard InChI is InChI=1S/C21H20FNO4/c1-4-23-12-17(21(25)27-5-2)20(24)16-10-18(22)15(11-19(16)23)13-6-8-14(26-3)9-7-13/h6-12H,4-5H2,1-3H3. The minimum atomic E-state index is -0.703. The lowest BCUT2D eigenvalue weighted by atomic mass is 10.0. The first-order valence-electron chi connectivity index (χ1n) is 8.68. The largest absolute Gasteiger partial charge is 0.497 e. The molecule has 3 rings (SSSR count). The molecule has 0 atom stereocenters. The molecular formula is C21H20FNO4. The Labute approximate surface area is 156 Å². The molecule has 0 fully saturated rings. The maximum Gasteiger partial charge on any atom is 0.343 e. The van der Waals surface area contributed by atoms with Crippen LogP contribution in [0.15, 0.2) is 47.4 Å². The van der Waals surface area contributed by atoms with E-state index in [1.807, 2.05) is 6.92 Å². The first kappa shape index (κ1) is 18.6. The minimum absolute atomic E-state index is 0.0946. The lowest BCUT2D eigenvalue weighted by Crippen LogP contribution is -2.21. The molecule has 0 unspecified atom stereocenters. The molecule has 0 spiro atoms. The molecular weight excluding hydrogens is 349 g/mol. The molecule has 2 aromatic carbocycles. The van der Waals surface area contributed by atoms with Gasteiger partial charge in [-0.05, 0) is 43.7 Å². The van der Waals surface area contributed by atoms with E-state index in [1.54, 1.807) is 48.9 Å². The summed E-state index contributed by atoms with van der Waals surface area (Å²) in [5.74, 6) is -0.566. The Morgan fingerprint density at radius 1 is 1.15 bits per heavy atom. The molecule has 0 radical (unpaired) electrons. The molecule has 1 heterocycles. The highest BCUT2D eigenvalue weighted by Gasteiger charge is 2.18. The summed E-state index contributed by atoms with van der Waals surface area (Å²) in [5, 5.41) is 0.150. The van der Waals surface area contributed by atoms with E-state index < -0.39 is 17.2 Å². The fourth-order valence-corrected chi connectivity index (χ4v) is 3.02. The molecule has 0 saturated heterocycles. The van der Waals surface area contributed by atoms with Crippen molar-refractivity contribution in [3.05, 3.63) is 64.2 Å². The number of hydrogen-bond donors (Lipinski definition) is 0. The van der Waals surface area contributed by atoms with Crippen LogP contribution in [0.4, 0.5) is 4.39 Å². The number of esters is 1. The van der Waals surface area contributed by atoms with Crippen LogP contribution in [0.3, 0.4) is 0 Å². The van der Waals surface area contributed by atoms with Crippen molar-refractivity contribution in [1.29, 1.82) is 0 Å². The first-order chi connectivity index (χ1) is 13.0. The summed E-state index contributed by atoms with van der Waals surface area (Å²) in [7, 11) is 1.56. The number of fused-ring (bicyclic) bond motifs is 1. The zero-order chi connectivity index (χ0) is 19.6. The van der Waals surface area contributed by atoms with Gasteiger partial charge in [0.2, 0.25) is 5.43 Å². The first-order valence-corrected chi connectivity index (χ1v) is 8.68. The van der Waals surface area contributed by atoms with E-state index in [0.717, 1.165) is 0 Å². The van der Waals surface area contributed by atoms with E-state index in [-0.39, 0.29) is 17.6 Å². The molecule has 5 nitrogen and oxygen atoms in total. The highest BCUT2D eigenvalue weighted by atomic mass is 19.1. The van der Waals surface area contributed by atoms with Crippen LogP contribution in [0.2, 0.25) is 0 Å². The number of aryl methyl sites for hydroxylation is 1. The Kier molecular flexibility index (Phi) is 5.26. The predicted molar refractivity (Wildman–Crippen MR) is 102 cm³/mol. The van der Waals surface area contributed by atoms with Crippen molar-refractivity contribution in [2.45, 2.75) is 20.4 Å². The van der Waals surface area contributed by atoms with E-state index >= 15 is 0 Å². The summed E-state index contributed by atoms with van der Waals surface area (Å²) in [5.41, 5.74) is 0.967. The highest BCUT2D eigenvalue weighted by Crippen LogP contribution is 2.28. The quantitative estimate of drug-likeness (QED) is 0.638. The number of rotatable bonds is 5. The summed E-state index contributed by atoms with van der Waals surface area (Å²) in [6.07, 6.45) is 1.47. The van der Waals surface area contributed by atoms with E-state index in [0.29, 0.717) is 28.9 Å². The zero-order valence-corrected chi connectivity index (χ0v) is 15.4.